The van der Waals surface area contributed by atoms with Gasteiger partial charge >= 0.3 is 0 Å². The molecule has 0 spiro atoms. The second-order valence-corrected chi connectivity index (χ2v) is 5.86. The topological polar surface area (TPSA) is 65.8 Å². The minimum Gasteiger partial charge on any atom is -0.320 e. The number of nitrogens with one attached hydrogen (secondary N) is 1. The van der Waals surface area contributed by atoms with Gasteiger partial charge in [-0.3, -0.25) is 4.79 Å². The van der Waals surface area contributed by atoms with E-state index in [9.17, 15) is 4.79 Å². The van der Waals surface area contributed by atoms with Crippen molar-refractivity contribution in [1.82, 2.24) is 4.98 Å². The monoisotopic (exact) mass is 337 g/mol. The minimum absolute atomic E-state index is 0.0589. The molecule has 1 N–H and O–H groups in total. The molecular formula is C14H9Cl2N3OS. The fraction of sp³-hybridized carbons (Fsp3) is 0.0714. The van der Waals surface area contributed by atoms with Crippen LogP contribution in [-0.4, -0.2) is 10.9 Å². The number of carbonyl (C=O) groups is 1. The van der Waals surface area contributed by atoms with Gasteiger partial charge in [0.05, 0.1) is 26.4 Å². The molecule has 106 valence electrons. The van der Waals surface area contributed by atoms with Gasteiger partial charge in [-0.15, -0.1) is 11.3 Å². The normalized spacial score (nSPS) is 11.0. The number of aromatic nitrogens is 1. The molecule has 0 radical (unpaired) electrons. The summed E-state index contributed by atoms with van der Waals surface area (Å²) in [5.41, 5.74) is 0.863. The van der Waals surface area contributed by atoms with Gasteiger partial charge in [-0.25, -0.2) is 4.98 Å². The van der Waals surface area contributed by atoms with E-state index in [4.69, 9.17) is 28.5 Å². The predicted molar refractivity (Wildman–Crippen MR) is 85.5 cm³/mol. The second-order valence-electron chi connectivity index (χ2n) is 4.02. The molecule has 1 heterocycles. The molecule has 0 saturated carbocycles. The highest BCUT2D eigenvalue weighted by Gasteiger charge is 2.13. The highest BCUT2D eigenvalue weighted by atomic mass is 35.5. The van der Waals surface area contributed by atoms with Crippen molar-refractivity contribution in [3.05, 3.63) is 49.9 Å². The van der Waals surface area contributed by atoms with E-state index in [1.165, 1.54) is 17.4 Å². The Kier molecular flexibility index (Phi) is 4.97. The lowest BCUT2D eigenvalue weighted by molar-refractivity contribution is -0.112. The van der Waals surface area contributed by atoms with E-state index in [0.717, 1.165) is 5.01 Å². The molecule has 2 aromatic rings. The van der Waals surface area contributed by atoms with Crippen LogP contribution in [0.4, 0.5) is 5.69 Å². The maximum atomic E-state index is 12.1. The summed E-state index contributed by atoms with van der Waals surface area (Å²) in [6.07, 6.45) is 1.43. The predicted octanol–water partition coefficient (Wildman–Crippen LogP) is 4.30. The summed E-state index contributed by atoms with van der Waals surface area (Å²) in [4.78, 5) is 16.3. The third-order valence-corrected chi connectivity index (χ3v) is 4.10. The molecule has 4 nitrogen and oxygen atoms in total. The Hall–Kier alpha value is -1.87. The van der Waals surface area contributed by atoms with E-state index in [1.807, 2.05) is 13.0 Å². The molecule has 1 amide bonds. The quantitative estimate of drug-likeness (QED) is 0.670. The third kappa shape index (κ3) is 3.82. The van der Waals surface area contributed by atoms with Crippen LogP contribution < -0.4 is 5.32 Å². The van der Waals surface area contributed by atoms with Gasteiger partial charge in [0.25, 0.3) is 5.91 Å². The molecule has 2 rings (SSSR count). The van der Waals surface area contributed by atoms with Gasteiger partial charge in [-0.1, -0.05) is 29.3 Å². The van der Waals surface area contributed by atoms with Gasteiger partial charge in [0.1, 0.15) is 11.6 Å². The fourth-order valence-electron chi connectivity index (χ4n) is 1.53. The van der Waals surface area contributed by atoms with Crippen LogP contribution in [0.3, 0.4) is 0 Å². The Bertz CT molecular complexity index is 762. The molecule has 1 aromatic heterocycles. The van der Waals surface area contributed by atoms with Gasteiger partial charge in [-0.05, 0) is 25.1 Å². The van der Waals surface area contributed by atoms with Gasteiger partial charge in [0.2, 0.25) is 0 Å². The number of thiazole rings is 1. The number of hydrogen-bond donors (Lipinski definition) is 1. The van der Waals surface area contributed by atoms with Crippen molar-refractivity contribution < 1.29 is 4.79 Å². The number of rotatable bonds is 3. The Morgan fingerprint density at radius 3 is 2.86 bits per heavy atom. The number of anilines is 1. The van der Waals surface area contributed by atoms with Crippen molar-refractivity contribution in [2.45, 2.75) is 6.92 Å². The molecule has 0 aliphatic carbocycles. The maximum absolute atomic E-state index is 12.1. The van der Waals surface area contributed by atoms with Crippen molar-refractivity contribution in [2.75, 3.05) is 5.32 Å². The Balaban J connectivity index is 2.24. The lowest BCUT2D eigenvalue weighted by atomic mass is 10.2. The molecule has 0 aliphatic rings. The van der Waals surface area contributed by atoms with E-state index in [2.05, 4.69) is 10.3 Å². The standard InChI is InChI=1S/C14H9Cl2N3OS/c1-8-18-10(7-21-8)5-9(6-17)14(20)19-12-4-2-3-11(15)13(12)16/h2-5,7H,1H3,(H,19,20)/b9-5+. The number of nitriles is 1. The lowest BCUT2D eigenvalue weighted by Gasteiger charge is -2.07. The molecule has 0 unspecified atom stereocenters. The number of benzene rings is 1. The van der Waals surface area contributed by atoms with E-state index in [-0.39, 0.29) is 10.6 Å². The summed E-state index contributed by atoms with van der Waals surface area (Å²) in [6, 6.07) is 6.72. The first-order valence-corrected chi connectivity index (χ1v) is 7.44. The highest BCUT2D eigenvalue weighted by Crippen LogP contribution is 2.29. The first-order valence-electron chi connectivity index (χ1n) is 5.80. The van der Waals surface area contributed by atoms with Gasteiger partial charge in [-0.2, -0.15) is 5.26 Å². The van der Waals surface area contributed by atoms with Crippen LogP contribution in [0.2, 0.25) is 10.0 Å². The van der Waals surface area contributed by atoms with Crippen LogP contribution in [0, 0.1) is 18.3 Å². The first kappa shape index (κ1) is 15.5. The smallest absolute Gasteiger partial charge is 0.266 e. The van der Waals surface area contributed by atoms with Crippen LogP contribution in [0.1, 0.15) is 10.7 Å². The third-order valence-electron chi connectivity index (χ3n) is 2.49. The average molecular weight is 338 g/mol. The van der Waals surface area contributed by atoms with Crippen molar-refractivity contribution >= 4 is 52.2 Å². The molecule has 0 saturated heterocycles. The molecule has 0 fully saturated rings. The van der Waals surface area contributed by atoms with Gasteiger partial charge < -0.3 is 5.32 Å². The van der Waals surface area contributed by atoms with Crippen LogP contribution in [0.15, 0.2) is 29.2 Å². The molecule has 0 atom stereocenters. The SMILES string of the molecule is Cc1nc(/C=C(\C#N)C(=O)Nc2cccc(Cl)c2Cl)cs1. The number of amides is 1. The summed E-state index contributed by atoms with van der Waals surface area (Å²) in [5.74, 6) is -0.563. The zero-order valence-electron chi connectivity index (χ0n) is 10.9. The molecule has 0 bridgehead atoms. The summed E-state index contributed by atoms with van der Waals surface area (Å²) >= 11 is 13.3. The van der Waals surface area contributed by atoms with E-state index in [0.29, 0.717) is 16.4 Å². The molecule has 7 heteroatoms. The number of aryl methyl sites for hydroxylation is 1. The molecule has 0 aliphatic heterocycles. The fourth-order valence-corrected chi connectivity index (χ4v) is 2.45. The summed E-state index contributed by atoms with van der Waals surface area (Å²) in [7, 11) is 0. The number of halogens is 2. The number of nitrogens with zero attached hydrogens (tertiary/aromatic N) is 2. The Morgan fingerprint density at radius 2 is 2.24 bits per heavy atom. The number of hydrogen-bond acceptors (Lipinski definition) is 4. The first-order chi connectivity index (χ1) is 10.0. The molecule has 1 aromatic carbocycles. The summed E-state index contributed by atoms with van der Waals surface area (Å²) in [5, 5.41) is 14.8. The van der Waals surface area contributed by atoms with Crippen LogP contribution in [0.5, 0.6) is 0 Å². The van der Waals surface area contributed by atoms with Gasteiger partial charge in [0.15, 0.2) is 0 Å². The zero-order chi connectivity index (χ0) is 15.4. The largest absolute Gasteiger partial charge is 0.320 e. The van der Waals surface area contributed by atoms with Crippen molar-refractivity contribution in [3.8, 4) is 6.07 Å². The average Bonchev–Trinajstić information content (AvgIpc) is 2.86. The van der Waals surface area contributed by atoms with Gasteiger partial charge in [0, 0.05) is 5.38 Å². The lowest BCUT2D eigenvalue weighted by Crippen LogP contribution is -2.13. The van der Waals surface area contributed by atoms with E-state index in [1.54, 1.807) is 23.6 Å². The Labute approximate surface area is 135 Å². The van der Waals surface area contributed by atoms with Crippen LogP contribution >= 0.6 is 34.5 Å². The molecule has 21 heavy (non-hydrogen) atoms. The maximum Gasteiger partial charge on any atom is 0.266 e. The minimum atomic E-state index is -0.563. The summed E-state index contributed by atoms with van der Waals surface area (Å²) < 4.78 is 0. The van der Waals surface area contributed by atoms with Crippen LogP contribution in [0.25, 0.3) is 6.08 Å². The molecular weight excluding hydrogens is 329 g/mol. The van der Waals surface area contributed by atoms with E-state index < -0.39 is 5.91 Å². The highest BCUT2D eigenvalue weighted by molar-refractivity contribution is 7.09. The summed E-state index contributed by atoms with van der Waals surface area (Å²) in [6.45, 7) is 1.85. The van der Waals surface area contributed by atoms with Crippen molar-refractivity contribution in [2.24, 2.45) is 0 Å². The van der Waals surface area contributed by atoms with Crippen LogP contribution in [-0.2, 0) is 4.79 Å². The second kappa shape index (κ2) is 6.72. The zero-order valence-corrected chi connectivity index (χ0v) is 13.2. The number of carbonyl (C=O) groups excluding carboxylic acids is 1. The van der Waals surface area contributed by atoms with Crippen molar-refractivity contribution in [3.63, 3.8) is 0 Å². The van der Waals surface area contributed by atoms with E-state index >= 15 is 0 Å². The van der Waals surface area contributed by atoms with Crippen molar-refractivity contribution in [1.29, 1.82) is 5.26 Å². The Morgan fingerprint density at radius 1 is 1.48 bits per heavy atom.